The van der Waals surface area contributed by atoms with Crippen molar-refractivity contribution in [2.75, 3.05) is 34.3 Å². The number of nitrogens with zero attached hydrogens (tertiary/aromatic N) is 1. The van der Waals surface area contributed by atoms with Gasteiger partial charge < -0.3 is 4.48 Å². The molecule has 4 heteroatoms. The lowest BCUT2D eigenvalue weighted by Crippen LogP contribution is -2.37. The van der Waals surface area contributed by atoms with E-state index in [1.165, 1.54) is 0 Å². The molecule has 0 radical (unpaired) electrons. The maximum Gasteiger partial charge on any atom is 0.327 e. The van der Waals surface area contributed by atoms with E-state index in [2.05, 4.69) is 25.7 Å². The first-order valence-corrected chi connectivity index (χ1v) is 4.54. The molecule has 3 nitrogen and oxygen atoms in total. The summed E-state index contributed by atoms with van der Waals surface area (Å²) in [5, 5.41) is 0. The minimum atomic E-state index is -0.217. The summed E-state index contributed by atoms with van der Waals surface area (Å²) in [5.41, 5.74) is 0. The molecule has 68 valence electrons. The van der Waals surface area contributed by atoms with Crippen LogP contribution in [0.4, 0.5) is 0 Å². The van der Waals surface area contributed by atoms with Gasteiger partial charge in [-0.1, -0.05) is 13.8 Å². The zero-order valence-corrected chi connectivity index (χ0v) is 9.02. The Bertz CT molecular complexity index is 90.9. The van der Waals surface area contributed by atoms with Crippen LogP contribution < -0.4 is 0 Å². The molecule has 0 fully saturated rings. The Morgan fingerprint density at radius 3 is 2.00 bits per heavy atom. The Kier molecular flexibility index (Phi) is 10.0. The van der Waals surface area contributed by atoms with Crippen molar-refractivity contribution in [3.05, 3.63) is 0 Å². The highest BCUT2D eigenvalue weighted by atomic mass is 31.1. The number of hydrogen-bond acceptors (Lipinski definition) is 2. The van der Waals surface area contributed by atoms with Crippen molar-refractivity contribution >= 4 is 8.69 Å². The van der Waals surface area contributed by atoms with Gasteiger partial charge in [0.1, 0.15) is 13.2 Å². The van der Waals surface area contributed by atoms with E-state index in [-0.39, 0.29) is 8.69 Å². The lowest BCUT2D eigenvalue weighted by atomic mass is 10.5. The van der Waals surface area contributed by atoms with Crippen LogP contribution in [0.15, 0.2) is 0 Å². The Morgan fingerprint density at radius 1 is 1.27 bits per heavy atom. The van der Waals surface area contributed by atoms with Gasteiger partial charge in [0.05, 0.1) is 21.1 Å². The van der Waals surface area contributed by atoms with Crippen molar-refractivity contribution in [1.29, 1.82) is 0 Å². The molecule has 0 amide bonds. The van der Waals surface area contributed by atoms with Gasteiger partial charge in [0.2, 0.25) is 0 Å². The Labute approximate surface area is 71.2 Å². The highest BCUT2D eigenvalue weighted by molar-refractivity contribution is 7.17. The minimum absolute atomic E-state index is 0.217. The largest absolute Gasteiger partial charge is 0.329 e. The second kappa shape index (κ2) is 8.12. The molecular formula is C7H19NO2P+. The lowest BCUT2D eigenvalue weighted by Gasteiger charge is -2.22. The molecule has 0 aliphatic rings. The molecule has 0 unspecified atom stereocenters. The molecule has 0 saturated carbocycles. The highest BCUT2D eigenvalue weighted by Crippen LogP contribution is 1.96. The van der Waals surface area contributed by atoms with Crippen molar-refractivity contribution < 1.29 is 13.6 Å². The fraction of sp³-hybridized carbons (Fsp3) is 1.00. The Hall–Kier alpha value is 0.0200. The van der Waals surface area contributed by atoms with Crippen LogP contribution >= 0.6 is 8.69 Å². The van der Waals surface area contributed by atoms with Gasteiger partial charge in [-0.15, -0.1) is 0 Å². The van der Waals surface area contributed by atoms with Crippen LogP contribution in [0, 0.1) is 0 Å². The van der Waals surface area contributed by atoms with Crippen LogP contribution in [0.1, 0.15) is 13.8 Å². The molecule has 0 aromatic heterocycles. The van der Waals surface area contributed by atoms with Crippen molar-refractivity contribution in [3.63, 3.8) is 0 Å². The highest BCUT2D eigenvalue weighted by Gasteiger charge is 2.04. The minimum Gasteiger partial charge on any atom is -0.329 e. The predicted molar refractivity (Wildman–Crippen MR) is 47.8 cm³/mol. The molecule has 0 N–H and O–H groups in total. The first-order chi connectivity index (χ1) is 5.06. The van der Waals surface area contributed by atoms with Gasteiger partial charge in [0.15, 0.2) is 0 Å². The van der Waals surface area contributed by atoms with Gasteiger partial charge in [-0.3, -0.25) is 4.52 Å². The summed E-state index contributed by atoms with van der Waals surface area (Å²) in [6.07, 6.45) is 0. The average molecular weight is 180 g/mol. The normalized spacial score (nSPS) is 10.6. The molecule has 0 aliphatic heterocycles. The van der Waals surface area contributed by atoms with Crippen molar-refractivity contribution in [1.82, 2.24) is 0 Å². The fourth-order valence-electron chi connectivity index (χ4n) is 0.352. The van der Waals surface area contributed by atoms with E-state index in [1.54, 1.807) is 0 Å². The molecule has 0 aromatic rings. The molecular weight excluding hydrogens is 161 g/mol. The van der Waals surface area contributed by atoms with Gasteiger partial charge >= 0.3 is 8.69 Å². The second-order valence-electron chi connectivity index (χ2n) is 2.92. The predicted octanol–water partition coefficient (Wildman–Crippen LogP) is 1.94. The number of hydrogen-bond donors (Lipinski definition) is 0. The average Bonchev–Trinajstić information content (AvgIpc) is 1.90. The first-order valence-electron chi connectivity index (χ1n) is 3.81. The third-order valence-corrected chi connectivity index (χ3v) is 1.19. The van der Waals surface area contributed by atoms with E-state index in [0.717, 1.165) is 11.0 Å². The van der Waals surface area contributed by atoms with Gasteiger partial charge in [-0.05, 0) is 0 Å². The van der Waals surface area contributed by atoms with E-state index in [4.69, 9.17) is 0 Å². The fourth-order valence-corrected chi connectivity index (χ4v) is 0.508. The number of quaternary nitrogens is 1. The summed E-state index contributed by atoms with van der Waals surface area (Å²) >= 11 is 0. The van der Waals surface area contributed by atoms with Crippen LogP contribution in [0.2, 0.25) is 0 Å². The van der Waals surface area contributed by atoms with Crippen LogP contribution in [0.5, 0.6) is 0 Å². The Morgan fingerprint density at radius 2 is 1.73 bits per heavy atom. The third kappa shape index (κ3) is 17.8. The number of rotatable bonds is 4. The Balaban J connectivity index is 0. The molecule has 0 saturated heterocycles. The summed E-state index contributed by atoms with van der Waals surface area (Å²) in [5.74, 6) is 0. The van der Waals surface area contributed by atoms with Gasteiger partial charge in [-0.2, -0.15) is 0 Å². The zero-order valence-electron chi connectivity index (χ0n) is 8.13. The molecule has 0 atom stereocenters. The van der Waals surface area contributed by atoms with Crippen LogP contribution in [-0.4, -0.2) is 38.8 Å². The van der Waals surface area contributed by atoms with Gasteiger partial charge in [0, 0.05) is 0 Å². The maximum atomic E-state index is 9.76. The third-order valence-electron chi connectivity index (χ3n) is 0.906. The SMILES string of the molecule is CC.C[N+](C)(C)CCOP=O. The summed E-state index contributed by atoms with van der Waals surface area (Å²) in [7, 11) is 5.96. The van der Waals surface area contributed by atoms with E-state index in [0.29, 0.717) is 6.61 Å². The van der Waals surface area contributed by atoms with Crippen LogP contribution in [-0.2, 0) is 9.09 Å². The molecule has 0 spiro atoms. The van der Waals surface area contributed by atoms with Gasteiger partial charge in [0.25, 0.3) is 0 Å². The van der Waals surface area contributed by atoms with Crippen molar-refractivity contribution in [2.45, 2.75) is 13.8 Å². The van der Waals surface area contributed by atoms with Crippen LogP contribution in [0.3, 0.4) is 0 Å². The molecule has 0 rings (SSSR count). The topological polar surface area (TPSA) is 26.3 Å². The van der Waals surface area contributed by atoms with Crippen LogP contribution in [0.25, 0.3) is 0 Å². The zero-order chi connectivity index (χ0) is 9.33. The maximum absolute atomic E-state index is 9.76. The molecule has 11 heavy (non-hydrogen) atoms. The summed E-state index contributed by atoms with van der Waals surface area (Å²) in [4.78, 5) is 0. The smallest absolute Gasteiger partial charge is 0.327 e. The standard InChI is InChI=1S/C5H13NO2P.C2H6/c1-6(2,3)4-5-8-9-7;1-2/h4-5H2,1-3H3;1-2H3/q+1;. The summed E-state index contributed by atoms with van der Waals surface area (Å²) in [6, 6.07) is 0. The van der Waals surface area contributed by atoms with E-state index in [1.807, 2.05) is 13.8 Å². The quantitative estimate of drug-likeness (QED) is 0.375. The molecule has 0 bridgehead atoms. The molecule has 0 aromatic carbocycles. The summed E-state index contributed by atoms with van der Waals surface area (Å²) in [6.45, 7) is 5.43. The summed E-state index contributed by atoms with van der Waals surface area (Å²) < 4.78 is 15.2. The van der Waals surface area contributed by atoms with E-state index >= 15 is 0 Å². The van der Waals surface area contributed by atoms with Crippen molar-refractivity contribution in [2.24, 2.45) is 0 Å². The van der Waals surface area contributed by atoms with Crippen molar-refractivity contribution in [3.8, 4) is 0 Å². The number of likely N-dealkylation sites (N-methyl/N-ethyl adjacent to an activating group) is 1. The lowest BCUT2D eigenvalue weighted by molar-refractivity contribution is -0.870. The second-order valence-corrected chi connectivity index (χ2v) is 3.33. The first kappa shape index (κ1) is 13.6. The van der Waals surface area contributed by atoms with E-state index < -0.39 is 0 Å². The molecule has 0 aliphatic carbocycles. The molecule has 0 heterocycles. The monoisotopic (exact) mass is 180 g/mol. The van der Waals surface area contributed by atoms with E-state index in [9.17, 15) is 4.57 Å². The van der Waals surface area contributed by atoms with Gasteiger partial charge in [-0.25, -0.2) is 4.57 Å².